The summed E-state index contributed by atoms with van der Waals surface area (Å²) < 4.78 is 12.4. The largest absolute Gasteiger partial charge is 0.454 e. The number of nitro groups is 1. The van der Waals surface area contributed by atoms with Crippen LogP contribution in [0, 0.1) is 10.1 Å². The van der Waals surface area contributed by atoms with E-state index in [-0.39, 0.29) is 18.4 Å². The lowest BCUT2D eigenvalue weighted by Gasteiger charge is -2.34. The van der Waals surface area contributed by atoms with Gasteiger partial charge >= 0.3 is 0 Å². The second-order valence-corrected chi connectivity index (χ2v) is 9.78. The minimum absolute atomic E-state index is 0.0544. The molecule has 4 aromatic rings. The Hall–Kier alpha value is -4.22. The van der Waals surface area contributed by atoms with Gasteiger partial charge in [-0.05, 0) is 41.3 Å². The van der Waals surface area contributed by atoms with E-state index < -0.39 is 4.92 Å². The second-order valence-electron chi connectivity index (χ2n) is 8.84. The Morgan fingerprint density at radius 1 is 1.00 bits per heavy atom. The van der Waals surface area contributed by atoms with Crippen LogP contribution in [0.2, 0.25) is 0 Å². The van der Waals surface area contributed by atoms with E-state index in [1.807, 2.05) is 40.6 Å². The van der Waals surface area contributed by atoms with Crippen molar-refractivity contribution in [3.63, 3.8) is 0 Å². The summed E-state index contributed by atoms with van der Waals surface area (Å²) in [6, 6.07) is 17.8. The lowest BCUT2D eigenvalue weighted by Crippen LogP contribution is -2.48. The van der Waals surface area contributed by atoms with Crippen LogP contribution >= 0.6 is 11.3 Å². The Morgan fingerprint density at radius 3 is 2.62 bits per heavy atom. The molecule has 2 aromatic heterocycles. The number of nitro benzene ring substituents is 1. The third-order valence-electron chi connectivity index (χ3n) is 6.49. The molecular weight excluding hydrogens is 494 g/mol. The van der Waals surface area contributed by atoms with E-state index in [1.54, 1.807) is 18.2 Å². The van der Waals surface area contributed by atoms with Gasteiger partial charge < -0.3 is 14.4 Å². The number of non-ortho nitro benzene ring substituents is 1. The van der Waals surface area contributed by atoms with Gasteiger partial charge in [0.25, 0.3) is 11.6 Å². The van der Waals surface area contributed by atoms with Gasteiger partial charge in [0.05, 0.1) is 15.5 Å². The molecule has 1 saturated heterocycles. The summed E-state index contributed by atoms with van der Waals surface area (Å²) in [7, 11) is 0. The van der Waals surface area contributed by atoms with Crippen molar-refractivity contribution in [1.29, 1.82) is 0 Å². The van der Waals surface area contributed by atoms with Crippen LogP contribution in [0.25, 0.3) is 16.3 Å². The summed E-state index contributed by atoms with van der Waals surface area (Å²) in [5.74, 6) is 1.38. The van der Waals surface area contributed by atoms with Gasteiger partial charge in [-0.25, -0.2) is 4.68 Å². The molecule has 188 valence electrons. The highest BCUT2D eigenvalue weighted by Crippen LogP contribution is 2.33. The molecule has 2 aromatic carbocycles. The van der Waals surface area contributed by atoms with Crippen LogP contribution in [0.4, 0.5) is 5.69 Å². The summed E-state index contributed by atoms with van der Waals surface area (Å²) in [5, 5.41) is 18.0. The molecule has 4 heterocycles. The van der Waals surface area contributed by atoms with Gasteiger partial charge in [0, 0.05) is 44.9 Å². The van der Waals surface area contributed by atoms with E-state index in [4.69, 9.17) is 9.47 Å². The predicted octanol–water partition coefficient (Wildman–Crippen LogP) is 4.20. The van der Waals surface area contributed by atoms with Crippen molar-refractivity contribution in [2.24, 2.45) is 0 Å². The van der Waals surface area contributed by atoms with Crippen LogP contribution in [0.5, 0.6) is 11.5 Å². The number of aromatic nitrogens is 2. The van der Waals surface area contributed by atoms with E-state index in [0.29, 0.717) is 30.2 Å². The molecule has 10 nitrogen and oxygen atoms in total. The number of ether oxygens (including phenoxy) is 2. The predicted molar refractivity (Wildman–Crippen MR) is 137 cm³/mol. The second kappa shape index (κ2) is 9.68. The molecule has 6 rings (SSSR count). The number of carbonyl (C=O) groups is 1. The first kappa shape index (κ1) is 23.2. The monoisotopic (exact) mass is 517 g/mol. The molecule has 0 N–H and O–H groups in total. The minimum atomic E-state index is -0.450. The zero-order valence-electron chi connectivity index (χ0n) is 19.8. The fourth-order valence-corrected chi connectivity index (χ4v) is 5.26. The smallest absolute Gasteiger partial charge is 0.272 e. The number of carbonyl (C=O) groups excluding carboxylic acids is 1. The molecule has 0 radical (unpaired) electrons. The van der Waals surface area contributed by atoms with Gasteiger partial charge in [-0.2, -0.15) is 5.10 Å². The Labute approximate surface area is 216 Å². The maximum Gasteiger partial charge on any atom is 0.272 e. The number of thiophene rings is 1. The Balaban J connectivity index is 1.21. The van der Waals surface area contributed by atoms with Crippen molar-refractivity contribution in [2.75, 3.05) is 33.0 Å². The van der Waals surface area contributed by atoms with Crippen molar-refractivity contribution < 1.29 is 19.2 Å². The van der Waals surface area contributed by atoms with E-state index in [9.17, 15) is 14.9 Å². The van der Waals surface area contributed by atoms with Gasteiger partial charge in [-0.1, -0.05) is 18.2 Å². The number of fused-ring (bicyclic) bond motifs is 1. The summed E-state index contributed by atoms with van der Waals surface area (Å²) in [6.45, 7) is 3.59. The molecule has 2 aliphatic rings. The first-order valence-corrected chi connectivity index (χ1v) is 12.7. The van der Waals surface area contributed by atoms with E-state index in [2.05, 4.69) is 10.00 Å². The van der Waals surface area contributed by atoms with Crippen LogP contribution in [-0.2, 0) is 6.54 Å². The van der Waals surface area contributed by atoms with Crippen LogP contribution in [0.15, 0.2) is 66.0 Å². The third-order valence-corrected chi connectivity index (χ3v) is 7.38. The van der Waals surface area contributed by atoms with Gasteiger partial charge in [0.2, 0.25) is 6.79 Å². The topological polar surface area (TPSA) is 103 Å². The number of rotatable bonds is 6. The van der Waals surface area contributed by atoms with Crippen LogP contribution in [0.1, 0.15) is 16.1 Å². The number of amides is 1. The lowest BCUT2D eigenvalue weighted by atomic mass is 10.1. The highest BCUT2D eigenvalue weighted by Gasteiger charge is 2.27. The number of benzene rings is 2. The molecule has 11 heteroatoms. The molecule has 37 heavy (non-hydrogen) atoms. The van der Waals surface area contributed by atoms with Crippen LogP contribution in [0.3, 0.4) is 0 Å². The van der Waals surface area contributed by atoms with Crippen molar-refractivity contribution in [2.45, 2.75) is 6.54 Å². The molecule has 0 unspecified atom stereocenters. The molecule has 0 saturated carbocycles. The fourth-order valence-electron chi connectivity index (χ4n) is 4.58. The molecule has 0 spiro atoms. The number of nitrogens with zero attached hydrogens (tertiary/aromatic N) is 5. The first-order chi connectivity index (χ1) is 18.0. The highest BCUT2D eigenvalue weighted by molar-refractivity contribution is 7.13. The van der Waals surface area contributed by atoms with Crippen molar-refractivity contribution >= 4 is 22.9 Å². The zero-order chi connectivity index (χ0) is 25.4. The molecule has 0 bridgehead atoms. The van der Waals surface area contributed by atoms with Gasteiger partial charge in [0.1, 0.15) is 11.4 Å². The van der Waals surface area contributed by atoms with Crippen molar-refractivity contribution in [3.05, 3.63) is 87.4 Å². The number of hydrogen-bond donors (Lipinski definition) is 0. The lowest BCUT2D eigenvalue weighted by molar-refractivity contribution is -0.384. The van der Waals surface area contributed by atoms with E-state index >= 15 is 0 Å². The maximum absolute atomic E-state index is 13.7. The summed E-state index contributed by atoms with van der Waals surface area (Å²) in [5.41, 5.74) is 2.59. The molecule has 0 aliphatic carbocycles. The van der Waals surface area contributed by atoms with Gasteiger partial charge in [0.15, 0.2) is 11.5 Å². The minimum Gasteiger partial charge on any atom is -0.454 e. The Bertz CT molecular complexity index is 1460. The Kier molecular flexibility index (Phi) is 6.07. The van der Waals surface area contributed by atoms with E-state index in [0.717, 1.165) is 41.6 Å². The quantitative estimate of drug-likeness (QED) is 0.279. The fraction of sp³-hybridized carbons (Fsp3) is 0.231. The average molecular weight is 518 g/mol. The van der Waals surface area contributed by atoms with Crippen molar-refractivity contribution in [1.82, 2.24) is 19.6 Å². The highest BCUT2D eigenvalue weighted by atomic mass is 32.1. The first-order valence-electron chi connectivity index (χ1n) is 11.8. The zero-order valence-corrected chi connectivity index (χ0v) is 20.6. The average Bonchev–Trinajstić information content (AvgIpc) is 3.69. The van der Waals surface area contributed by atoms with Crippen LogP contribution < -0.4 is 9.47 Å². The standard InChI is InChI=1S/C26H23N5O5S/c32-26(29-10-8-28(9-11-29)16-18-6-7-23-24(13-18)36-17-35-23)22-15-21(25-5-2-12-37-25)27-30(22)19-3-1-4-20(14-19)31(33)34/h1-7,12-15H,8-11,16-17H2. The molecule has 0 atom stereocenters. The van der Waals surface area contributed by atoms with Crippen molar-refractivity contribution in [3.8, 4) is 27.8 Å². The van der Waals surface area contributed by atoms with Crippen LogP contribution in [-0.4, -0.2) is 63.4 Å². The van der Waals surface area contributed by atoms with Gasteiger partial charge in [-0.15, -0.1) is 11.3 Å². The maximum atomic E-state index is 13.7. The third kappa shape index (κ3) is 4.66. The molecule has 2 aliphatic heterocycles. The van der Waals surface area contributed by atoms with E-state index in [1.165, 1.54) is 28.2 Å². The molecule has 1 fully saturated rings. The summed E-state index contributed by atoms with van der Waals surface area (Å²) in [6.07, 6.45) is 0. The Morgan fingerprint density at radius 2 is 1.84 bits per heavy atom. The summed E-state index contributed by atoms with van der Waals surface area (Å²) in [4.78, 5) is 29.6. The molecule has 1 amide bonds. The number of piperazine rings is 1. The summed E-state index contributed by atoms with van der Waals surface area (Å²) >= 11 is 1.52. The normalized spacial score (nSPS) is 15.2. The van der Waals surface area contributed by atoms with Gasteiger partial charge in [-0.3, -0.25) is 19.8 Å². The SMILES string of the molecule is O=C(c1cc(-c2cccs2)nn1-c1cccc([N+](=O)[O-])c1)N1CCN(Cc2ccc3c(c2)OCO3)CC1. The number of hydrogen-bond acceptors (Lipinski definition) is 8. The molecular formula is C26H23N5O5S.